The SMILES string of the molecule is c1ccc(-c2cc(-c3ccccc3)nc(-c3c(-n4c5ccccc5c5ccccc54)c(-c4nc(-c5ccccc5)cc(-c5ccccc5)n4)c(-n4c5ccccc5c5ccccc54)c(-n4c5ccccc5c5ccccc54)c3-n3c4ccccc4c4ccccc43)n2)cc1. The number of aromatic nitrogens is 8. The lowest BCUT2D eigenvalue weighted by atomic mass is 9.95. The van der Waals surface area contributed by atoms with Crippen LogP contribution >= 0.6 is 0 Å². The second-order valence-corrected chi connectivity index (χ2v) is 24.0. The number of para-hydroxylation sites is 8. The number of fused-ring (bicyclic) bond motifs is 12. The van der Waals surface area contributed by atoms with E-state index in [0.29, 0.717) is 11.6 Å². The highest BCUT2D eigenvalue weighted by molar-refractivity contribution is 6.18. The molecule has 0 spiro atoms. The molecule has 438 valence electrons. The zero-order valence-corrected chi connectivity index (χ0v) is 50.8. The van der Waals surface area contributed by atoms with Gasteiger partial charge < -0.3 is 18.3 Å². The summed E-state index contributed by atoms with van der Waals surface area (Å²) in [5, 5.41) is 8.81. The van der Waals surface area contributed by atoms with E-state index in [9.17, 15) is 0 Å². The minimum atomic E-state index is 0.508. The van der Waals surface area contributed by atoms with Crippen molar-refractivity contribution in [2.45, 2.75) is 0 Å². The third-order valence-electron chi connectivity index (χ3n) is 18.8. The van der Waals surface area contributed by atoms with E-state index in [1.54, 1.807) is 0 Å². The van der Waals surface area contributed by atoms with Crippen LogP contribution in [0.5, 0.6) is 0 Å². The third-order valence-corrected chi connectivity index (χ3v) is 18.8. The molecule has 0 amide bonds. The van der Waals surface area contributed by atoms with Crippen LogP contribution in [0.4, 0.5) is 0 Å². The number of hydrogen-bond acceptors (Lipinski definition) is 4. The lowest BCUT2D eigenvalue weighted by molar-refractivity contribution is 1.02. The van der Waals surface area contributed by atoms with Crippen LogP contribution in [-0.2, 0) is 0 Å². The summed E-state index contributed by atoms with van der Waals surface area (Å²) in [7, 11) is 0. The Labute approximate surface area is 540 Å². The van der Waals surface area contributed by atoms with Gasteiger partial charge in [-0.1, -0.05) is 267 Å². The van der Waals surface area contributed by atoms with Crippen LogP contribution in [0.15, 0.2) is 328 Å². The van der Waals surface area contributed by atoms with Gasteiger partial charge in [-0.05, 0) is 60.7 Å². The molecule has 6 aromatic heterocycles. The molecule has 0 aliphatic carbocycles. The van der Waals surface area contributed by atoms with E-state index >= 15 is 0 Å². The van der Waals surface area contributed by atoms with E-state index in [4.69, 9.17) is 19.9 Å². The predicted octanol–water partition coefficient (Wildman–Crippen LogP) is 21.7. The average Bonchev–Trinajstić information content (AvgIpc) is 1.39. The molecule has 19 aromatic rings. The first-order valence-corrected chi connectivity index (χ1v) is 31.9. The van der Waals surface area contributed by atoms with Crippen molar-refractivity contribution in [2.75, 3.05) is 0 Å². The van der Waals surface area contributed by atoms with Gasteiger partial charge in [0.2, 0.25) is 0 Å². The van der Waals surface area contributed by atoms with Crippen molar-refractivity contribution < 1.29 is 0 Å². The minimum absolute atomic E-state index is 0.508. The van der Waals surface area contributed by atoms with Gasteiger partial charge in [0.05, 0.1) is 101 Å². The maximum absolute atomic E-state index is 6.07. The molecule has 0 unspecified atom stereocenters. The molecular formula is C86H54N8. The van der Waals surface area contributed by atoms with Gasteiger partial charge in [-0.3, -0.25) is 0 Å². The van der Waals surface area contributed by atoms with Gasteiger partial charge in [0, 0.05) is 65.3 Å². The van der Waals surface area contributed by atoms with E-state index in [0.717, 1.165) is 166 Å². The zero-order valence-electron chi connectivity index (χ0n) is 50.8. The molecule has 8 heteroatoms. The van der Waals surface area contributed by atoms with Crippen LogP contribution in [0.2, 0.25) is 0 Å². The Balaban J connectivity index is 1.19. The second-order valence-electron chi connectivity index (χ2n) is 24.0. The van der Waals surface area contributed by atoms with Crippen molar-refractivity contribution in [1.29, 1.82) is 0 Å². The van der Waals surface area contributed by atoms with Crippen molar-refractivity contribution in [3.63, 3.8) is 0 Å². The maximum Gasteiger partial charge on any atom is 0.164 e. The molecule has 0 atom stereocenters. The van der Waals surface area contributed by atoms with E-state index in [1.807, 2.05) is 0 Å². The van der Waals surface area contributed by atoms with Crippen LogP contribution in [-0.4, -0.2) is 38.2 Å². The molecule has 19 rings (SSSR count). The summed E-state index contributed by atoms with van der Waals surface area (Å²) < 4.78 is 10.1. The molecule has 0 aliphatic rings. The van der Waals surface area contributed by atoms with Gasteiger partial charge >= 0.3 is 0 Å². The fourth-order valence-corrected chi connectivity index (χ4v) is 14.8. The Bertz CT molecular complexity index is 5620. The molecule has 0 bridgehead atoms. The fraction of sp³-hybridized carbons (Fsp3) is 0. The summed E-state index contributed by atoms with van der Waals surface area (Å²) in [6.07, 6.45) is 0. The Morgan fingerprint density at radius 3 is 0.574 bits per heavy atom. The summed E-state index contributed by atoms with van der Waals surface area (Å²) >= 11 is 0. The van der Waals surface area contributed by atoms with Crippen LogP contribution in [0, 0.1) is 0 Å². The van der Waals surface area contributed by atoms with Crippen LogP contribution in [0.1, 0.15) is 0 Å². The van der Waals surface area contributed by atoms with Gasteiger partial charge in [-0.25, -0.2) is 19.9 Å². The average molecular weight is 1200 g/mol. The van der Waals surface area contributed by atoms with Crippen LogP contribution < -0.4 is 0 Å². The molecule has 13 aromatic carbocycles. The van der Waals surface area contributed by atoms with Crippen LogP contribution in [0.3, 0.4) is 0 Å². The van der Waals surface area contributed by atoms with E-state index in [2.05, 4.69) is 346 Å². The number of hydrogen-bond donors (Lipinski definition) is 0. The Morgan fingerprint density at radius 2 is 0.351 bits per heavy atom. The van der Waals surface area contributed by atoms with E-state index in [1.165, 1.54) is 0 Å². The Hall–Kier alpha value is -12.8. The largest absolute Gasteiger partial charge is 0.308 e. The van der Waals surface area contributed by atoms with Gasteiger partial charge in [0.1, 0.15) is 0 Å². The lowest BCUT2D eigenvalue weighted by Crippen LogP contribution is -2.17. The molecule has 8 nitrogen and oxygen atoms in total. The molecular weight excluding hydrogens is 1150 g/mol. The van der Waals surface area contributed by atoms with Crippen molar-refractivity contribution >= 4 is 87.2 Å². The summed E-state index contributed by atoms with van der Waals surface area (Å²) in [5.74, 6) is 1.02. The van der Waals surface area contributed by atoms with Crippen molar-refractivity contribution in [1.82, 2.24) is 38.2 Å². The third kappa shape index (κ3) is 8.19. The van der Waals surface area contributed by atoms with Gasteiger partial charge in [0.25, 0.3) is 0 Å². The van der Waals surface area contributed by atoms with Gasteiger partial charge in [0.15, 0.2) is 11.6 Å². The molecule has 0 saturated heterocycles. The Kier molecular flexibility index (Phi) is 12.1. The molecule has 0 aliphatic heterocycles. The first-order valence-electron chi connectivity index (χ1n) is 31.9. The van der Waals surface area contributed by atoms with Crippen molar-refractivity contribution in [2.24, 2.45) is 0 Å². The summed E-state index contributed by atoms with van der Waals surface area (Å²) in [6.45, 7) is 0. The first-order chi connectivity index (χ1) is 46.7. The molecule has 0 fully saturated rings. The predicted molar refractivity (Wildman–Crippen MR) is 388 cm³/mol. The summed E-state index contributed by atoms with van der Waals surface area (Å²) in [4.78, 5) is 24.3. The van der Waals surface area contributed by atoms with Crippen molar-refractivity contribution in [3.05, 3.63) is 328 Å². The molecule has 0 radical (unpaired) electrons. The van der Waals surface area contributed by atoms with Gasteiger partial charge in [-0.15, -0.1) is 0 Å². The number of rotatable bonds is 10. The molecule has 0 saturated carbocycles. The number of nitrogens with zero attached hydrogens (tertiary/aromatic N) is 8. The Morgan fingerprint density at radius 1 is 0.170 bits per heavy atom. The molecule has 94 heavy (non-hydrogen) atoms. The highest BCUT2D eigenvalue weighted by Gasteiger charge is 2.38. The standard InChI is InChI=1S/C86H54N8/c1-5-29-55(30-6-1)67-53-68(56-31-7-2-8-32-56)88-85(87-67)79-81(91-71-45-21-13-37-59(71)60-38-14-22-46-72(60)91)80(86-89-69(57-33-9-3-10-34-57)54-70(90-86)58-35-11-4-12-36-58)83(93-75-49-25-17-41-63(75)64-42-18-26-50-76(64)93)84(94-77-51-27-19-43-65(77)66-44-20-28-52-78(66)94)82(79)92-73-47-23-15-39-61(73)62-40-16-24-48-74(62)92/h1-54H. The normalized spacial score (nSPS) is 11.8. The quantitative estimate of drug-likeness (QED) is 0.137. The monoisotopic (exact) mass is 1200 g/mol. The highest BCUT2D eigenvalue weighted by Crippen LogP contribution is 2.54. The molecule has 0 N–H and O–H groups in total. The zero-order chi connectivity index (χ0) is 61.8. The van der Waals surface area contributed by atoms with E-state index in [-0.39, 0.29) is 0 Å². The fourth-order valence-electron chi connectivity index (χ4n) is 14.8. The minimum Gasteiger partial charge on any atom is -0.308 e. The number of benzene rings is 13. The first kappa shape index (κ1) is 53.1. The summed E-state index contributed by atoms with van der Waals surface area (Å²) in [5.41, 5.74) is 19.9. The van der Waals surface area contributed by atoms with E-state index < -0.39 is 0 Å². The maximum atomic E-state index is 6.07. The second kappa shape index (κ2) is 21.4. The lowest BCUT2D eigenvalue weighted by Gasteiger charge is -2.30. The summed E-state index contributed by atoms with van der Waals surface area (Å²) in [6, 6.07) is 117. The highest BCUT2D eigenvalue weighted by atomic mass is 15.1. The van der Waals surface area contributed by atoms with Crippen LogP contribution in [0.25, 0.3) is 178 Å². The topological polar surface area (TPSA) is 71.3 Å². The van der Waals surface area contributed by atoms with Crippen molar-refractivity contribution in [3.8, 4) is 90.6 Å². The molecule has 6 heterocycles. The smallest absolute Gasteiger partial charge is 0.164 e. The van der Waals surface area contributed by atoms with Gasteiger partial charge in [-0.2, -0.15) is 0 Å².